The molecule has 630 valence electrons. The Kier molecular flexibility index (Phi) is 62.7. The van der Waals surface area contributed by atoms with Crippen molar-refractivity contribution >= 4 is 5.91 Å². The maximum Gasteiger partial charge on any atom is 0.220 e. The molecule has 19 heteroatoms. The molecule has 0 aliphatic carbocycles. The lowest BCUT2D eigenvalue weighted by molar-refractivity contribution is -0.379. The molecular weight excluding hydrogens is 1390 g/mol. The maximum atomic E-state index is 13.5. The summed E-state index contributed by atoms with van der Waals surface area (Å²) in [6.07, 6.45) is 74.1. The normalized spacial score (nSPS) is 25.9. The van der Waals surface area contributed by atoms with Crippen molar-refractivity contribution < 1.29 is 89.4 Å². The smallest absolute Gasteiger partial charge is 0.220 e. The first kappa shape index (κ1) is 99.9. The van der Waals surface area contributed by atoms with E-state index in [2.05, 4.69) is 153 Å². The van der Waals surface area contributed by atoms with Gasteiger partial charge < -0.3 is 89.9 Å². The first-order valence-electron chi connectivity index (χ1n) is 43.1. The lowest BCUT2D eigenvalue weighted by Crippen LogP contribution is -2.66. The van der Waals surface area contributed by atoms with Crippen LogP contribution in [0.5, 0.6) is 0 Å². The Morgan fingerprint density at radius 2 is 0.636 bits per heavy atom. The van der Waals surface area contributed by atoms with Gasteiger partial charge in [0.1, 0.15) is 73.2 Å². The second-order valence-electron chi connectivity index (χ2n) is 29.9. The number of aliphatic hydroxyl groups excluding tert-OH is 11. The molecule has 0 radical (unpaired) electrons. The minimum Gasteiger partial charge on any atom is -0.394 e. The van der Waals surface area contributed by atoms with Crippen LogP contribution in [0, 0.1) is 0 Å². The Bertz CT molecular complexity index is 2560. The van der Waals surface area contributed by atoms with E-state index in [0.29, 0.717) is 12.8 Å². The van der Waals surface area contributed by atoms with E-state index in [1.165, 1.54) is 141 Å². The molecule has 19 nitrogen and oxygen atoms in total. The lowest BCUT2D eigenvalue weighted by atomic mass is 9.96. The maximum absolute atomic E-state index is 13.5. The number of aliphatic hydroxyl groups is 11. The number of nitrogens with one attached hydrogen (secondary N) is 1. The number of amides is 1. The lowest BCUT2D eigenvalue weighted by Gasteiger charge is -2.48. The molecule has 3 heterocycles. The average Bonchev–Trinajstić information content (AvgIpc) is 0.782. The quantitative estimate of drug-likeness (QED) is 0.0199. The third-order valence-corrected chi connectivity index (χ3v) is 20.4. The molecule has 12 N–H and O–H groups in total. The molecule has 0 aromatic rings. The molecule has 3 aliphatic heterocycles. The molecule has 0 bridgehead atoms. The van der Waals surface area contributed by atoms with Gasteiger partial charge >= 0.3 is 0 Å². The van der Waals surface area contributed by atoms with E-state index in [-0.39, 0.29) is 18.9 Å². The topological polar surface area (TPSA) is 307 Å². The Morgan fingerprint density at radius 1 is 0.336 bits per heavy atom. The molecule has 0 aromatic carbocycles. The van der Waals surface area contributed by atoms with Gasteiger partial charge in [-0.2, -0.15) is 0 Å². The van der Waals surface area contributed by atoms with E-state index >= 15 is 0 Å². The van der Waals surface area contributed by atoms with E-state index in [1.54, 1.807) is 6.08 Å². The van der Waals surface area contributed by atoms with Gasteiger partial charge in [0.05, 0.1) is 38.6 Å². The van der Waals surface area contributed by atoms with Crippen molar-refractivity contribution in [2.45, 2.75) is 394 Å². The molecule has 0 aromatic heterocycles. The van der Waals surface area contributed by atoms with Crippen molar-refractivity contribution in [1.29, 1.82) is 0 Å². The molecule has 110 heavy (non-hydrogen) atoms. The number of ether oxygens (including phenoxy) is 6. The van der Waals surface area contributed by atoms with Gasteiger partial charge in [-0.1, -0.05) is 320 Å². The van der Waals surface area contributed by atoms with Crippen LogP contribution in [0.25, 0.3) is 0 Å². The third kappa shape index (κ3) is 47.5. The van der Waals surface area contributed by atoms with Gasteiger partial charge in [-0.05, 0) is 109 Å². The molecule has 17 unspecified atom stereocenters. The number of allylic oxidation sites excluding steroid dienone is 23. The van der Waals surface area contributed by atoms with E-state index in [0.717, 1.165) is 116 Å². The zero-order valence-corrected chi connectivity index (χ0v) is 67.7. The number of hydrogen-bond acceptors (Lipinski definition) is 18. The SMILES string of the molecule is CC/C=C\C/C=C\C/C=C\C/C=C\C/C=C\C/C=C\C/C=C\C/C=C\C/C=C\C/C=C\CCCCCCCCCCCCC(=O)NC(COC1OC(CO)C(OC2OC(CO)C(OC3OC(CO)C(O)C(O)C3O)C(O)C2O)C(O)C1O)C(O)/C=C/CC/C=C/CCCCCCCCCCCCCCCCCCCC. The number of hydrogen-bond donors (Lipinski definition) is 12. The summed E-state index contributed by atoms with van der Waals surface area (Å²) in [6, 6.07) is -1.00. The second kappa shape index (κ2) is 69.0. The first-order chi connectivity index (χ1) is 53.8. The molecule has 17 atom stereocenters. The van der Waals surface area contributed by atoms with Gasteiger partial charge in [-0.15, -0.1) is 0 Å². The Hall–Kier alpha value is -4.33. The van der Waals surface area contributed by atoms with Crippen LogP contribution in [-0.2, 0) is 33.2 Å². The number of rotatable bonds is 67. The largest absolute Gasteiger partial charge is 0.394 e. The minimum absolute atomic E-state index is 0.222. The highest BCUT2D eigenvalue weighted by molar-refractivity contribution is 5.76. The fourth-order valence-electron chi connectivity index (χ4n) is 13.5. The van der Waals surface area contributed by atoms with Crippen molar-refractivity contribution in [2.24, 2.45) is 0 Å². The zero-order valence-electron chi connectivity index (χ0n) is 67.7. The zero-order chi connectivity index (χ0) is 79.5. The highest BCUT2D eigenvalue weighted by atomic mass is 16.8. The van der Waals surface area contributed by atoms with Crippen molar-refractivity contribution in [1.82, 2.24) is 5.32 Å². The van der Waals surface area contributed by atoms with E-state index in [9.17, 15) is 61.0 Å². The highest BCUT2D eigenvalue weighted by Crippen LogP contribution is 2.33. The Morgan fingerprint density at radius 3 is 1.02 bits per heavy atom. The van der Waals surface area contributed by atoms with Crippen molar-refractivity contribution in [3.63, 3.8) is 0 Å². The van der Waals surface area contributed by atoms with Crippen LogP contribution in [0.15, 0.2) is 146 Å². The molecular formula is C91H153NO18. The van der Waals surface area contributed by atoms with Crippen LogP contribution < -0.4 is 5.32 Å². The van der Waals surface area contributed by atoms with E-state index < -0.39 is 124 Å². The standard InChI is InChI=1S/C91H153NO18/c1-3-5-7-9-11-13-15-17-19-21-23-25-27-29-30-31-32-33-34-35-36-37-38-39-40-41-42-43-44-45-47-49-51-53-55-57-59-61-63-65-67-69-79(97)92-74(75(96)68-66-64-62-60-58-56-54-52-50-48-46-28-26-24-22-20-18-16-14-12-10-8-6-4-2)73-105-89-85(103)82(100)87(77(71-94)107-89)110-91-86(104)83(101)88(78(72-95)108-91)109-90-84(102)81(99)80(98)76(70-93)106-90/h5,7,11,13,17,19,23,25,29-30,32-33,35-36,38-39,41-42,44-45,58,60,66,68,74-78,80-91,93-96,98-104H,3-4,6,8-10,12,14-16,18,20-22,24,26-28,31,34,37,40,43,46-57,59,61-65,67,69-73H2,1-2H3,(H,92,97)/b7-5-,13-11-,19-17-,25-23-,30-29-,33-32-,36-35-,39-38-,42-41-,45-44-,60-58+,68-66+. The monoisotopic (exact) mass is 1550 g/mol. The van der Waals surface area contributed by atoms with Crippen molar-refractivity contribution in [3.8, 4) is 0 Å². The summed E-state index contributed by atoms with van der Waals surface area (Å²) >= 11 is 0. The molecule has 0 spiro atoms. The van der Waals surface area contributed by atoms with Crippen LogP contribution >= 0.6 is 0 Å². The number of carbonyl (C=O) groups is 1. The molecule has 3 aliphatic rings. The summed E-state index contributed by atoms with van der Waals surface area (Å²) in [5.74, 6) is -0.293. The van der Waals surface area contributed by atoms with Crippen LogP contribution in [0.1, 0.15) is 290 Å². The summed E-state index contributed by atoms with van der Waals surface area (Å²) in [5.41, 5.74) is 0. The van der Waals surface area contributed by atoms with Gasteiger partial charge in [-0.25, -0.2) is 0 Å². The molecule has 3 saturated heterocycles. The van der Waals surface area contributed by atoms with Gasteiger partial charge in [0.25, 0.3) is 0 Å². The first-order valence-corrected chi connectivity index (χ1v) is 43.1. The van der Waals surface area contributed by atoms with Crippen LogP contribution in [-0.4, -0.2) is 193 Å². The second-order valence-corrected chi connectivity index (χ2v) is 29.9. The third-order valence-electron chi connectivity index (χ3n) is 20.4. The predicted octanol–water partition coefficient (Wildman–Crippen LogP) is 15.8. The average molecular weight is 1550 g/mol. The molecule has 3 fully saturated rings. The van der Waals surface area contributed by atoms with Gasteiger partial charge in [0.15, 0.2) is 18.9 Å². The van der Waals surface area contributed by atoms with E-state index in [1.807, 2.05) is 6.08 Å². The molecule has 1 amide bonds. The fraction of sp³-hybridized carbons (Fsp3) is 0.725. The predicted molar refractivity (Wildman–Crippen MR) is 442 cm³/mol. The highest BCUT2D eigenvalue weighted by Gasteiger charge is 2.54. The van der Waals surface area contributed by atoms with Gasteiger partial charge in [0.2, 0.25) is 5.91 Å². The van der Waals surface area contributed by atoms with Gasteiger partial charge in [0, 0.05) is 6.42 Å². The van der Waals surface area contributed by atoms with E-state index in [4.69, 9.17) is 28.4 Å². The van der Waals surface area contributed by atoms with Crippen LogP contribution in [0.4, 0.5) is 0 Å². The summed E-state index contributed by atoms with van der Waals surface area (Å²) in [6.45, 7) is 1.61. The number of carbonyl (C=O) groups excluding carboxylic acids is 1. The summed E-state index contributed by atoms with van der Waals surface area (Å²) in [4.78, 5) is 13.5. The fourth-order valence-corrected chi connectivity index (χ4v) is 13.5. The summed E-state index contributed by atoms with van der Waals surface area (Å²) < 4.78 is 34.5. The minimum atomic E-state index is -1.99. The van der Waals surface area contributed by atoms with Crippen LogP contribution in [0.2, 0.25) is 0 Å². The summed E-state index contributed by atoms with van der Waals surface area (Å²) in [5, 5.41) is 121. The molecule has 0 saturated carbocycles. The Balaban J connectivity index is 1.35. The Labute approximate surface area is 663 Å². The van der Waals surface area contributed by atoms with Gasteiger partial charge in [-0.3, -0.25) is 4.79 Å². The van der Waals surface area contributed by atoms with Crippen LogP contribution in [0.3, 0.4) is 0 Å². The van der Waals surface area contributed by atoms with Crippen molar-refractivity contribution in [3.05, 3.63) is 146 Å². The number of unbranched alkanes of at least 4 members (excludes halogenated alkanes) is 29. The summed E-state index contributed by atoms with van der Waals surface area (Å²) in [7, 11) is 0. The van der Waals surface area contributed by atoms with Crippen molar-refractivity contribution in [2.75, 3.05) is 26.4 Å². The molecule has 3 rings (SSSR count).